The van der Waals surface area contributed by atoms with Crippen molar-refractivity contribution >= 4 is 5.69 Å². The molecule has 2 aromatic rings. The lowest BCUT2D eigenvalue weighted by Crippen LogP contribution is -1.99. The average Bonchev–Trinajstić information content (AvgIpc) is 2.71. The van der Waals surface area contributed by atoms with Crippen LogP contribution in [0.1, 0.15) is 5.56 Å². The van der Waals surface area contributed by atoms with Gasteiger partial charge in [0.2, 0.25) is 0 Å². The highest BCUT2D eigenvalue weighted by Crippen LogP contribution is 2.13. The minimum Gasteiger partial charge on any atom is -0.249 e. The first-order chi connectivity index (χ1) is 6.88. The van der Waals surface area contributed by atoms with Gasteiger partial charge in [0.15, 0.2) is 0 Å². The average molecular weight is 188 g/mol. The van der Waals surface area contributed by atoms with Crippen molar-refractivity contribution in [3.8, 4) is 0 Å². The second-order valence-corrected chi connectivity index (χ2v) is 2.85. The first-order valence-corrected chi connectivity index (χ1v) is 4.13. The molecule has 0 aliphatic rings. The third-order valence-corrected chi connectivity index (χ3v) is 1.83. The summed E-state index contributed by atoms with van der Waals surface area (Å²) in [5, 5.41) is 6.83. The number of rotatable bonds is 3. The van der Waals surface area contributed by atoms with Crippen molar-refractivity contribution in [3.63, 3.8) is 0 Å². The van der Waals surface area contributed by atoms with E-state index >= 15 is 0 Å². The predicted molar refractivity (Wildman–Crippen MR) is 51.0 cm³/mol. The Morgan fingerprint density at radius 2 is 2.36 bits per heavy atom. The van der Waals surface area contributed by atoms with Gasteiger partial charge in [-0.2, -0.15) is 5.10 Å². The summed E-state index contributed by atoms with van der Waals surface area (Å²) < 4.78 is 1.68. The Labute approximate surface area is 80.4 Å². The summed E-state index contributed by atoms with van der Waals surface area (Å²) in [7, 11) is 0. The van der Waals surface area contributed by atoms with E-state index in [2.05, 4.69) is 15.3 Å². The molecule has 70 valence electrons. The quantitative estimate of drug-likeness (QED) is 0.689. The fraction of sp³-hybridized carbons (Fsp3) is 0.111. The standard InChI is InChI=1S/C9H8N4O/c14-12-9-3-1-2-8(4-9)5-13-7-10-6-11-13/h1-4,6-7H,5H2. The molecule has 0 bridgehead atoms. The van der Waals surface area contributed by atoms with E-state index in [4.69, 9.17) is 0 Å². The molecule has 2 rings (SSSR count). The topological polar surface area (TPSA) is 60.1 Å². The van der Waals surface area contributed by atoms with Gasteiger partial charge >= 0.3 is 0 Å². The molecule has 0 atom stereocenters. The Morgan fingerprint density at radius 3 is 3.07 bits per heavy atom. The van der Waals surface area contributed by atoms with Gasteiger partial charge in [0, 0.05) is 0 Å². The Bertz CT molecular complexity index is 424. The van der Waals surface area contributed by atoms with Crippen LogP contribution in [-0.4, -0.2) is 14.8 Å². The van der Waals surface area contributed by atoms with Crippen LogP contribution in [0, 0.1) is 4.91 Å². The van der Waals surface area contributed by atoms with Crippen molar-refractivity contribution in [2.75, 3.05) is 0 Å². The lowest BCUT2D eigenvalue weighted by molar-refractivity contribution is 0.685. The summed E-state index contributed by atoms with van der Waals surface area (Å²) >= 11 is 0. The number of nitrogens with zero attached hydrogens (tertiary/aromatic N) is 4. The van der Waals surface area contributed by atoms with E-state index in [-0.39, 0.29) is 0 Å². The van der Waals surface area contributed by atoms with Crippen LogP contribution < -0.4 is 0 Å². The summed E-state index contributed by atoms with van der Waals surface area (Å²) in [4.78, 5) is 14.1. The van der Waals surface area contributed by atoms with E-state index in [0.717, 1.165) is 5.56 Å². The van der Waals surface area contributed by atoms with Crippen LogP contribution in [0.15, 0.2) is 42.1 Å². The van der Waals surface area contributed by atoms with Gasteiger partial charge in [0.05, 0.1) is 6.54 Å². The van der Waals surface area contributed by atoms with Crippen molar-refractivity contribution in [2.45, 2.75) is 6.54 Å². The van der Waals surface area contributed by atoms with Gasteiger partial charge in [-0.3, -0.25) is 0 Å². The van der Waals surface area contributed by atoms with E-state index in [1.807, 2.05) is 6.07 Å². The zero-order valence-corrected chi connectivity index (χ0v) is 7.37. The molecule has 0 fully saturated rings. The molecule has 0 spiro atoms. The monoisotopic (exact) mass is 188 g/mol. The molecule has 0 unspecified atom stereocenters. The van der Waals surface area contributed by atoms with Crippen molar-refractivity contribution in [1.82, 2.24) is 14.8 Å². The smallest absolute Gasteiger partial charge is 0.137 e. The van der Waals surface area contributed by atoms with Gasteiger partial charge in [0.1, 0.15) is 18.3 Å². The Balaban J connectivity index is 2.21. The van der Waals surface area contributed by atoms with Gasteiger partial charge in [-0.1, -0.05) is 12.1 Å². The van der Waals surface area contributed by atoms with Crippen LogP contribution in [0.25, 0.3) is 0 Å². The number of nitroso groups, excluding NO2 is 1. The highest BCUT2D eigenvalue weighted by Gasteiger charge is 1.97. The molecule has 1 aromatic heterocycles. The third-order valence-electron chi connectivity index (χ3n) is 1.83. The van der Waals surface area contributed by atoms with Gasteiger partial charge in [-0.05, 0) is 22.9 Å². The fourth-order valence-corrected chi connectivity index (χ4v) is 1.21. The number of aromatic nitrogens is 3. The van der Waals surface area contributed by atoms with Gasteiger partial charge in [-0.25, -0.2) is 9.67 Å². The molecule has 0 saturated heterocycles. The summed E-state index contributed by atoms with van der Waals surface area (Å²) in [6.07, 6.45) is 3.10. The van der Waals surface area contributed by atoms with Crippen LogP contribution in [0.2, 0.25) is 0 Å². The molecular weight excluding hydrogens is 180 g/mol. The first-order valence-electron chi connectivity index (χ1n) is 4.13. The molecule has 0 aliphatic heterocycles. The maximum atomic E-state index is 10.3. The highest BCUT2D eigenvalue weighted by molar-refractivity contribution is 5.39. The Hall–Kier alpha value is -2.04. The molecule has 5 nitrogen and oxygen atoms in total. The summed E-state index contributed by atoms with van der Waals surface area (Å²) in [5.74, 6) is 0. The van der Waals surface area contributed by atoms with E-state index < -0.39 is 0 Å². The van der Waals surface area contributed by atoms with Crippen molar-refractivity contribution < 1.29 is 0 Å². The van der Waals surface area contributed by atoms with E-state index in [9.17, 15) is 4.91 Å². The SMILES string of the molecule is O=Nc1cccc(Cn2cncn2)c1. The normalized spacial score (nSPS) is 10.0. The van der Waals surface area contributed by atoms with Crippen LogP contribution >= 0.6 is 0 Å². The van der Waals surface area contributed by atoms with Crippen LogP contribution in [0.5, 0.6) is 0 Å². The minimum absolute atomic E-state index is 0.433. The summed E-state index contributed by atoms with van der Waals surface area (Å²) in [6, 6.07) is 7.10. The molecule has 1 aromatic carbocycles. The molecule has 0 saturated carbocycles. The second-order valence-electron chi connectivity index (χ2n) is 2.85. The van der Waals surface area contributed by atoms with E-state index in [1.54, 1.807) is 29.2 Å². The van der Waals surface area contributed by atoms with Crippen molar-refractivity contribution in [1.29, 1.82) is 0 Å². The lowest BCUT2D eigenvalue weighted by Gasteiger charge is -2.00. The molecule has 5 heteroatoms. The fourth-order valence-electron chi connectivity index (χ4n) is 1.21. The zero-order chi connectivity index (χ0) is 9.80. The Kier molecular flexibility index (Phi) is 2.31. The maximum Gasteiger partial charge on any atom is 0.137 e. The number of hydrogen-bond donors (Lipinski definition) is 0. The summed E-state index contributed by atoms with van der Waals surface area (Å²) in [5.41, 5.74) is 1.41. The largest absolute Gasteiger partial charge is 0.249 e. The van der Waals surface area contributed by atoms with E-state index in [1.165, 1.54) is 6.33 Å². The molecule has 0 radical (unpaired) electrons. The van der Waals surface area contributed by atoms with Crippen LogP contribution in [0.4, 0.5) is 5.69 Å². The minimum atomic E-state index is 0.433. The van der Waals surface area contributed by atoms with Gasteiger partial charge < -0.3 is 0 Å². The number of benzene rings is 1. The Morgan fingerprint density at radius 1 is 1.43 bits per heavy atom. The lowest BCUT2D eigenvalue weighted by atomic mass is 10.2. The number of hydrogen-bond acceptors (Lipinski definition) is 4. The highest BCUT2D eigenvalue weighted by atomic mass is 16.3. The molecule has 14 heavy (non-hydrogen) atoms. The van der Waals surface area contributed by atoms with Crippen molar-refractivity contribution in [3.05, 3.63) is 47.4 Å². The molecular formula is C9H8N4O. The van der Waals surface area contributed by atoms with Gasteiger partial charge in [0.25, 0.3) is 0 Å². The zero-order valence-electron chi connectivity index (χ0n) is 7.37. The van der Waals surface area contributed by atoms with E-state index in [0.29, 0.717) is 12.2 Å². The van der Waals surface area contributed by atoms with Crippen LogP contribution in [-0.2, 0) is 6.54 Å². The third kappa shape index (κ3) is 1.82. The summed E-state index contributed by atoms with van der Waals surface area (Å²) in [6.45, 7) is 0.601. The molecule has 0 amide bonds. The second kappa shape index (κ2) is 3.78. The van der Waals surface area contributed by atoms with Gasteiger partial charge in [-0.15, -0.1) is 4.91 Å². The first kappa shape index (κ1) is 8.55. The van der Waals surface area contributed by atoms with Crippen molar-refractivity contribution in [2.24, 2.45) is 5.18 Å². The predicted octanol–water partition coefficient (Wildman–Crippen LogP) is 1.72. The maximum absolute atomic E-state index is 10.3. The molecule has 0 aliphatic carbocycles. The van der Waals surface area contributed by atoms with Crippen LogP contribution in [0.3, 0.4) is 0 Å². The molecule has 1 heterocycles. The molecule has 0 N–H and O–H groups in total.